The number of carbonyl (C=O) groups excluding carboxylic acids is 2. The number of aliphatic hydroxyl groups excluding tert-OH is 1. The van der Waals surface area contributed by atoms with Crippen LogP contribution < -0.4 is 26.5 Å². The number of ether oxygens (including phenoxy) is 1. The Balaban J connectivity index is 1.72. The SMILES string of the molecule is C[n+]1cccc(CSc2cc(NC(=O)COCCCN)ccc2NNC(=O)c2ccccc2CO)c1. The van der Waals surface area contributed by atoms with E-state index in [0.29, 0.717) is 47.8 Å². The van der Waals surface area contributed by atoms with E-state index in [1.165, 1.54) is 0 Å². The first-order valence-corrected chi connectivity index (χ1v) is 12.5. The largest absolute Gasteiger partial charge is 0.392 e. The first-order chi connectivity index (χ1) is 17.5. The summed E-state index contributed by atoms with van der Waals surface area (Å²) in [6, 6.07) is 16.3. The number of thioether (sulfide) groups is 1. The molecule has 0 aliphatic heterocycles. The first-order valence-electron chi connectivity index (χ1n) is 11.5. The summed E-state index contributed by atoms with van der Waals surface area (Å²) < 4.78 is 7.31. The molecule has 36 heavy (non-hydrogen) atoms. The molecule has 2 amide bonds. The number of aryl methyl sites for hydroxylation is 1. The van der Waals surface area contributed by atoms with Gasteiger partial charge in [0.05, 0.1) is 12.3 Å². The molecule has 0 saturated heterocycles. The van der Waals surface area contributed by atoms with Crippen molar-refractivity contribution < 1.29 is 24.0 Å². The minimum atomic E-state index is -0.363. The van der Waals surface area contributed by atoms with E-state index >= 15 is 0 Å². The third-order valence-electron chi connectivity index (χ3n) is 5.13. The molecule has 6 N–H and O–H groups in total. The molecule has 1 aromatic heterocycles. The van der Waals surface area contributed by atoms with Crippen molar-refractivity contribution in [3.8, 4) is 0 Å². The van der Waals surface area contributed by atoms with Gasteiger partial charge in [0.25, 0.3) is 5.91 Å². The topological polar surface area (TPSA) is 130 Å². The van der Waals surface area contributed by atoms with E-state index in [9.17, 15) is 14.7 Å². The molecule has 0 fully saturated rings. The van der Waals surface area contributed by atoms with Crippen LogP contribution in [0, 0.1) is 0 Å². The van der Waals surface area contributed by atoms with E-state index in [1.807, 2.05) is 42.2 Å². The van der Waals surface area contributed by atoms with Gasteiger partial charge in [-0.3, -0.25) is 20.4 Å². The van der Waals surface area contributed by atoms with E-state index in [4.69, 9.17) is 10.5 Å². The third-order valence-corrected chi connectivity index (χ3v) is 6.26. The minimum Gasteiger partial charge on any atom is -0.392 e. The van der Waals surface area contributed by atoms with Crippen molar-refractivity contribution in [1.82, 2.24) is 5.43 Å². The second-order valence-electron chi connectivity index (χ2n) is 8.01. The van der Waals surface area contributed by atoms with Gasteiger partial charge in [0.15, 0.2) is 12.4 Å². The summed E-state index contributed by atoms with van der Waals surface area (Å²) in [4.78, 5) is 25.8. The molecule has 3 aromatic rings. The van der Waals surface area contributed by atoms with Crippen molar-refractivity contribution in [2.75, 3.05) is 30.5 Å². The Kier molecular flexibility index (Phi) is 10.7. The van der Waals surface area contributed by atoms with Gasteiger partial charge in [-0.2, -0.15) is 0 Å². The number of hydrogen-bond acceptors (Lipinski definition) is 7. The zero-order valence-electron chi connectivity index (χ0n) is 20.2. The number of nitrogens with one attached hydrogen (secondary N) is 3. The Morgan fingerprint density at radius 1 is 1.14 bits per heavy atom. The fraction of sp³-hybridized carbons (Fsp3) is 0.269. The highest BCUT2D eigenvalue weighted by molar-refractivity contribution is 7.98. The van der Waals surface area contributed by atoms with Crippen molar-refractivity contribution in [2.45, 2.75) is 23.7 Å². The average molecular weight is 511 g/mol. The van der Waals surface area contributed by atoms with E-state index in [0.717, 1.165) is 10.5 Å². The van der Waals surface area contributed by atoms with Crippen LogP contribution in [-0.2, 0) is 28.9 Å². The molecule has 3 rings (SSSR count). The monoisotopic (exact) mass is 510 g/mol. The van der Waals surface area contributed by atoms with Gasteiger partial charge in [0.2, 0.25) is 5.91 Å². The zero-order chi connectivity index (χ0) is 25.8. The second-order valence-corrected chi connectivity index (χ2v) is 9.03. The van der Waals surface area contributed by atoms with Crippen LogP contribution in [0.25, 0.3) is 0 Å². The summed E-state index contributed by atoms with van der Waals surface area (Å²) in [5.41, 5.74) is 14.5. The van der Waals surface area contributed by atoms with Gasteiger partial charge in [-0.05, 0) is 48.9 Å². The Labute approximate surface area is 215 Å². The summed E-state index contributed by atoms with van der Waals surface area (Å²) in [6.07, 6.45) is 4.70. The predicted molar refractivity (Wildman–Crippen MR) is 140 cm³/mol. The molecule has 10 heteroatoms. The molecule has 0 spiro atoms. The molecule has 0 radical (unpaired) electrons. The predicted octanol–water partition coefficient (Wildman–Crippen LogP) is 2.36. The highest BCUT2D eigenvalue weighted by Gasteiger charge is 2.13. The van der Waals surface area contributed by atoms with Crippen LogP contribution >= 0.6 is 11.8 Å². The van der Waals surface area contributed by atoms with Crippen LogP contribution in [0.4, 0.5) is 11.4 Å². The minimum absolute atomic E-state index is 0.0523. The number of aromatic nitrogens is 1. The van der Waals surface area contributed by atoms with Crippen LogP contribution in [0.5, 0.6) is 0 Å². The molecule has 9 nitrogen and oxygen atoms in total. The molecule has 0 unspecified atom stereocenters. The number of nitrogens with two attached hydrogens (primary N) is 1. The second kappa shape index (κ2) is 14.2. The van der Waals surface area contributed by atoms with Crippen molar-refractivity contribution in [1.29, 1.82) is 0 Å². The number of benzene rings is 2. The molecule has 0 bridgehead atoms. The van der Waals surface area contributed by atoms with E-state index < -0.39 is 0 Å². The van der Waals surface area contributed by atoms with Gasteiger partial charge in [-0.15, -0.1) is 11.8 Å². The first kappa shape index (κ1) is 27.2. The molecular weight excluding hydrogens is 478 g/mol. The number of rotatable bonds is 13. The summed E-state index contributed by atoms with van der Waals surface area (Å²) in [7, 11) is 1.96. The quantitative estimate of drug-likeness (QED) is 0.103. The Morgan fingerprint density at radius 3 is 2.75 bits per heavy atom. The zero-order valence-corrected chi connectivity index (χ0v) is 21.0. The standard InChI is InChI=1S/C26H31N5O4S/c1-31-12-4-6-19(15-31)18-36-24-14-21(28-25(33)17-35-13-5-11-27)9-10-23(24)29-30-26(34)22-8-3-2-7-20(22)16-32/h2-4,6-10,12,14-15,29,32H,5,11,13,16-18,27H2,1H3,(H-,28,30,33,34)/p+1. The normalized spacial score (nSPS) is 10.6. The number of anilines is 2. The number of aliphatic hydroxyl groups is 1. The molecule has 0 aliphatic carbocycles. The molecule has 2 aromatic carbocycles. The molecular formula is C26H32N5O4S+. The van der Waals surface area contributed by atoms with Gasteiger partial charge in [-0.1, -0.05) is 18.2 Å². The van der Waals surface area contributed by atoms with Gasteiger partial charge in [0, 0.05) is 40.1 Å². The number of hydrazine groups is 1. The maximum atomic E-state index is 12.7. The van der Waals surface area contributed by atoms with E-state index in [-0.39, 0.29) is 25.0 Å². The molecule has 0 atom stereocenters. The van der Waals surface area contributed by atoms with Gasteiger partial charge in [-0.25, -0.2) is 4.57 Å². The summed E-state index contributed by atoms with van der Waals surface area (Å²) >= 11 is 1.57. The maximum absolute atomic E-state index is 12.7. The van der Waals surface area contributed by atoms with Crippen LogP contribution in [-0.4, -0.2) is 36.7 Å². The summed E-state index contributed by atoms with van der Waals surface area (Å²) in [5.74, 6) is 0.0647. The van der Waals surface area contributed by atoms with E-state index in [2.05, 4.69) is 16.2 Å². The lowest BCUT2D eigenvalue weighted by Crippen LogP contribution is -2.30. The number of hydrogen-bond donors (Lipinski definition) is 5. The van der Waals surface area contributed by atoms with Gasteiger partial charge < -0.3 is 20.9 Å². The Hall–Kier alpha value is -3.44. The highest BCUT2D eigenvalue weighted by atomic mass is 32.2. The van der Waals surface area contributed by atoms with Crippen LogP contribution in [0.15, 0.2) is 71.9 Å². The average Bonchev–Trinajstić information content (AvgIpc) is 2.89. The molecule has 0 saturated carbocycles. The lowest BCUT2D eigenvalue weighted by atomic mass is 10.1. The Bertz CT molecular complexity index is 1170. The third kappa shape index (κ3) is 8.35. The smallest absolute Gasteiger partial charge is 0.269 e. The van der Waals surface area contributed by atoms with Gasteiger partial charge in [0.1, 0.15) is 13.7 Å². The van der Waals surface area contributed by atoms with Crippen molar-refractivity contribution in [3.05, 3.63) is 83.7 Å². The number of amides is 2. The lowest BCUT2D eigenvalue weighted by molar-refractivity contribution is -0.671. The van der Waals surface area contributed by atoms with Crippen molar-refractivity contribution in [2.24, 2.45) is 12.8 Å². The van der Waals surface area contributed by atoms with Crippen molar-refractivity contribution >= 4 is 35.0 Å². The van der Waals surface area contributed by atoms with Crippen LogP contribution in [0.3, 0.4) is 0 Å². The van der Waals surface area contributed by atoms with E-state index in [1.54, 1.807) is 48.2 Å². The summed E-state index contributed by atoms with van der Waals surface area (Å²) in [6.45, 7) is 0.659. The molecule has 1 heterocycles. The number of carbonyl (C=O) groups is 2. The molecule has 190 valence electrons. The Morgan fingerprint density at radius 2 is 1.97 bits per heavy atom. The fourth-order valence-corrected chi connectivity index (χ4v) is 4.32. The lowest BCUT2D eigenvalue weighted by Gasteiger charge is -2.15. The highest BCUT2D eigenvalue weighted by Crippen LogP contribution is 2.32. The van der Waals surface area contributed by atoms with Crippen LogP contribution in [0.1, 0.15) is 27.9 Å². The van der Waals surface area contributed by atoms with Gasteiger partial charge >= 0.3 is 0 Å². The van der Waals surface area contributed by atoms with Crippen LogP contribution in [0.2, 0.25) is 0 Å². The van der Waals surface area contributed by atoms with Crippen molar-refractivity contribution in [3.63, 3.8) is 0 Å². The maximum Gasteiger partial charge on any atom is 0.269 e. The number of nitrogens with zero attached hydrogens (tertiary/aromatic N) is 1. The number of pyridine rings is 1. The molecule has 0 aliphatic rings. The summed E-state index contributed by atoms with van der Waals surface area (Å²) in [5, 5.41) is 12.4. The fourth-order valence-electron chi connectivity index (χ4n) is 3.34.